The Morgan fingerprint density at radius 1 is 1.14 bits per heavy atom. The zero-order valence-corrected chi connectivity index (χ0v) is 20.1. The first-order chi connectivity index (χ1) is 17.0. The van der Waals surface area contributed by atoms with Crippen molar-refractivity contribution in [3.8, 4) is 17.2 Å². The van der Waals surface area contributed by atoms with Gasteiger partial charge in [0.1, 0.15) is 6.54 Å². The summed E-state index contributed by atoms with van der Waals surface area (Å²) in [7, 11) is 0. The molecule has 7 nitrogen and oxygen atoms in total. The van der Waals surface area contributed by atoms with Gasteiger partial charge in [-0.2, -0.15) is 10.4 Å². The van der Waals surface area contributed by atoms with Crippen molar-refractivity contribution < 1.29 is 4.79 Å². The fourth-order valence-corrected chi connectivity index (χ4v) is 4.29. The monoisotopic (exact) mass is 485 g/mol. The second kappa shape index (κ2) is 11.0. The number of nitrogens with zero attached hydrogens (tertiary/aromatic N) is 5. The zero-order chi connectivity index (χ0) is 24.8. The maximum Gasteiger partial charge on any atom is 0.251 e. The van der Waals surface area contributed by atoms with E-state index in [0.29, 0.717) is 34.7 Å². The molecule has 1 atom stereocenters. The minimum atomic E-state index is -0.567. The van der Waals surface area contributed by atoms with Gasteiger partial charge in [-0.15, -0.1) is 5.10 Å². The third-order valence-corrected chi connectivity index (χ3v) is 6.25. The lowest BCUT2D eigenvalue weighted by molar-refractivity contribution is -0.121. The van der Waals surface area contributed by atoms with Crippen LogP contribution in [0.1, 0.15) is 48.9 Å². The van der Waals surface area contributed by atoms with Gasteiger partial charge >= 0.3 is 0 Å². The molecular formula is C27H24ClN5O2. The van der Waals surface area contributed by atoms with Crippen LogP contribution in [-0.4, -0.2) is 22.6 Å². The maximum absolute atomic E-state index is 13.3. The van der Waals surface area contributed by atoms with E-state index in [1.54, 1.807) is 30.5 Å². The van der Waals surface area contributed by atoms with Crippen molar-refractivity contribution in [2.24, 2.45) is 15.4 Å². The fraction of sp³-hybridized carbons (Fsp3) is 0.259. The highest BCUT2D eigenvalue weighted by atomic mass is 35.5. The zero-order valence-electron chi connectivity index (χ0n) is 19.3. The average Bonchev–Trinajstić information content (AvgIpc) is 3.40. The third kappa shape index (κ3) is 5.61. The van der Waals surface area contributed by atoms with E-state index in [1.165, 1.54) is 10.6 Å². The average molecular weight is 486 g/mol. The number of pyridine rings is 1. The van der Waals surface area contributed by atoms with Crippen molar-refractivity contribution in [1.29, 1.82) is 5.26 Å². The first kappa shape index (κ1) is 24.2. The molecule has 0 N–H and O–H groups in total. The summed E-state index contributed by atoms with van der Waals surface area (Å²) in [5, 5.41) is 21.4. The van der Waals surface area contributed by atoms with Crippen LogP contribution in [-0.2, 0) is 11.2 Å². The number of hydrogen-bond acceptors (Lipinski definition) is 6. The van der Waals surface area contributed by atoms with Gasteiger partial charge in [0.25, 0.3) is 5.56 Å². The molecule has 0 aliphatic carbocycles. The Balaban J connectivity index is 1.58. The minimum Gasteiger partial charge on any atom is -0.305 e. The van der Waals surface area contributed by atoms with Crippen LogP contribution >= 0.6 is 11.6 Å². The lowest BCUT2D eigenvalue weighted by atomic mass is 9.97. The van der Waals surface area contributed by atoms with Gasteiger partial charge in [-0.05, 0) is 52.6 Å². The lowest BCUT2D eigenvalue weighted by Gasteiger charge is -2.19. The fourth-order valence-electron chi connectivity index (χ4n) is 4.12. The van der Waals surface area contributed by atoms with Crippen LogP contribution in [0.3, 0.4) is 0 Å². The number of hydrogen-bond donors (Lipinski definition) is 0. The van der Waals surface area contributed by atoms with Gasteiger partial charge < -0.3 is 4.57 Å². The highest BCUT2D eigenvalue weighted by molar-refractivity contribution is 6.30. The summed E-state index contributed by atoms with van der Waals surface area (Å²) in [4.78, 5) is 26.5. The highest BCUT2D eigenvalue weighted by Gasteiger charge is 2.22. The summed E-state index contributed by atoms with van der Waals surface area (Å²) >= 11 is 6.11. The van der Waals surface area contributed by atoms with Crippen molar-refractivity contribution in [2.75, 3.05) is 6.54 Å². The molecule has 1 aromatic heterocycles. The Morgan fingerprint density at radius 2 is 1.94 bits per heavy atom. The number of Topliss-reactive ketones (excluding diaryl/α,β-unsaturated/α-hetero) is 1. The van der Waals surface area contributed by atoms with E-state index < -0.39 is 6.04 Å². The first-order valence-corrected chi connectivity index (χ1v) is 11.9. The number of rotatable bonds is 9. The maximum atomic E-state index is 13.3. The Hall–Kier alpha value is -3.89. The second-order valence-corrected chi connectivity index (χ2v) is 8.83. The standard InChI is InChI=1S/C27H24ClN5O2/c1-2-3-4-25(26(34)13-18-5-7-19(8-6-18)24-17-30-32-31-24)33-12-11-20(14-27(33)35)23-15-22(28)10-9-21(23)16-29/h5-12,14-15,25H,2-4,13,17H2,1H3. The molecule has 0 saturated carbocycles. The number of carbonyl (C=O) groups is 1. The SMILES string of the molecule is CCCCC(C(=O)Cc1ccc(C2=NN=NC2)cc1)n1ccc(-c2cc(Cl)ccc2C#N)cc1=O. The van der Waals surface area contributed by atoms with Crippen LogP contribution in [0.5, 0.6) is 0 Å². The topological polar surface area (TPSA) is 99.9 Å². The van der Waals surface area contributed by atoms with Gasteiger partial charge in [0.05, 0.1) is 23.4 Å². The molecule has 0 bridgehead atoms. The van der Waals surface area contributed by atoms with Crippen molar-refractivity contribution >= 4 is 23.1 Å². The van der Waals surface area contributed by atoms with E-state index in [4.69, 9.17) is 11.6 Å². The molecule has 1 aliphatic heterocycles. The van der Waals surface area contributed by atoms with Gasteiger partial charge in [-0.1, -0.05) is 55.6 Å². The van der Waals surface area contributed by atoms with Crippen molar-refractivity contribution in [1.82, 2.24) is 4.57 Å². The van der Waals surface area contributed by atoms with Crippen LogP contribution < -0.4 is 5.56 Å². The summed E-state index contributed by atoms with van der Waals surface area (Å²) in [6, 6.07) is 17.4. The van der Waals surface area contributed by atoms with Crippen LogP contribution in [0.25, 0.3) is 11.1 Å². The summed E-state index contributed by atoms with van der Waals surface area (Å²) in [6.07, 6.45) is 4.18. The molecule has 1 unspecified atom stereocenters. The van der Waals surface area contributed by atoms with E-state index in [0.717, 1.165) is 29.7 Å². The van der Waals surface area contributed by atoms with Gasteiger partial charge in [0.15, 0.2) is 5.78 Å². The number of aromatic nitrogens is 1. The smallest absolute Gasteiger partial charge is 0.251 e. The highest BCUT2D eigenvalue weighted by Crippen LogP contribution is 2.27. The molecule has 4 rings (SSSR count). The number of carbonyl (C=O) groups excluding carboxylic acids is 1. The lowest BCUT2D eigenvalue weighted by Crippen LogP contribution is -2.30. The number of halogens is 1. The van der Waals surface area contributed by atoms with E-state index in [9.17, 15) is 14.9 Å². The number of nitriles is 1. The summed E-state index contributed by atoms with van der Waals surface area (Å²) in [5.74, 6) is -0.0234. The van der Waals surface area contributed by atoms with E-state index in [2.05, 4.69) is 28.4 Å². The number of ketones is 1. The Labute approximate surface area is 208 Å². The molecule has 0 saturated heterocycles. The molecule has 3 aromatic rings. The largest absolute Gasteiger partial charge is 0.305 e. The molecule has 1 aliphatic rings. The van der Waals surface area contributed by atoms with Crippen molar-refractivity contribution in [3.63, 3.8) is 0 Å². The first-order valence-electron chi connectivity index (χ1n) is 11.5. The van der Waals surface area contributed by atoms with Gasteiger partial charge in [0, 0.05) is 29.3 Å². The summed E-state index contributed by atoms with van der Waals surface area (Å²) in [6.45, 7) is 2.51. The second-order valence-electron chi connectivity index (χ2n) is 8.40. The molecular weight excluding hydrogens is 462 g/mol. The predicted molar refractivity (Wildman–Crippen MR) is 136 cm³/mol. The predicted octanol–water partition coefficient (Wildman–Crippen LogP) is 5.75. The van der Waals surface area contributed by atoms with Gasteiger partial charge in [0.2, 0.25) is 0 Å². The molecule has 0 amide bonds. The van der Waals surface area contributed by atoms with E-state index in [1.807, 2.05) is 24.3 Å². The van der Waals surface area contributed by atoms with Crippen molar-refractivity contribution in [3.05, 3.63) is 92.9 Å². The van der Waals surface area contributed by atoms with Crippen LogP contribution in [0.15, 0.2) is 81.0 Å². The number of benzene rings is 2. The molecule has 0 spiro atoms. The molecule has 0 fully saturated rings. The molecule has 2 heterocycles. The quantitative estimate of drug-likeness (QED) is 0.385. The molecule has 35 heavy (non-hydrogen) atoms. The van der Waals surface area contributed by atoms with E-state index in [-0.39, 0.29) is 17.8 Å². The number of unbranched alkanes of at least 4 members (excludes halogenated alkanes) is 1. The van der Waals surface area contributed by atoms with Crippen LogP contribution in [0.4, 0.5) is 0 Å². The summed E-state index contributed by atoms with van der Waals surface area (Å²) in [5.41, 5.74) is 3.93. The Bertz CT molecular complexity index is 1400. The summed E-state index contributed by atoms with van der Waals surface area (Å²) < 4.78 is 1.50. The van der Waals surface area contributed by atoms with Crippen LogP contribution in [0, 0.1) is 11.3 Å². The molecule has 8 heteroatoms. The Kier molecular flexibility index (Phi) is 7.64. The third-order valence-electron chi connectivity index (χ3n) is 6.01. The normalized spacial score (nSPS) is 13.3. The minimum absolute atomic E-state index is 0.0234. The molecule has 2 aromatic carbocycles. The molecule has 176 valence electrons. The van der Waals surface area contributed by atoms with Crippen molar-refractivity contribution in [2.45, 2.75) is 38.6 Å². The van der Waals surface area contributed by atoms with E-state index >= 15 is 0 Å². The van der Waals surface area contributed by atoms with Gasteiger partial charge in [-0.3, -0.25) is 9.59 Å². The van der Waals surface area contributed by atoms with Gasteiger partial charge in [-0.25, -0.2) is 0 Å². The van der Waals surface area contributed by atoms with Crippen LogP contribution in [0.2, 0.25) is 5.02 Å². The molecule has 0 radical (unpaired) electrons. The Morgan fingerprint density at radius 3 is 2.60 bits per heavy atom.